The van der Waals surface area contributed by atoms with Crippen molar-refractivity contribution in [3.8, 4) is 0 Å². The molecule has 2 aromatic heterocycles. The van der Waals surface area contributed by atoms with E-state index in [2.05, 4.69) is 44.7 Å². The van der Waals surface area contributed by atoms with Crippen molar-refractivity contribution in [2.24, 2.45) is 0 Å². The maximum atomic E-state index is 4.21. The lowest BCUT2D eigenvalue weighted by atomic mass is 10.5. The van der Waals surface area contributed by atoms with Crippen LogP contribution in [0.2, 0.25) is 0 Å². The zero-order valence-electron chi connectivity index (χ0n) is 6.53. The molecule has 0 aromatic carbocycles. The van der Waals surface area contributed by atoms with Gasteiger partial charge in [0.25, 0.3) is 0 Å². The Labute approximate surface area is 83.2 Å². The maximum absolute atomic E-state index is 4.21. The Hall–Kier alpha value is -0.720. The summed E-state index contributed by atoms with van der Waals surface area (Å²) in [5.41, 5.74) is 1.77. The third-order valence-electron chi connectivity index (χ3n) is 1.67. The molecule has 0 N–H and O–H groups in total. The van der Waals surface area contributed by atoms with Gasteiger partial charge in [-0.3, -0.25) is 0 Å². The predicted molar refractivity (Wildman–Crippen MR) is 53.7 cm³/mol. The van der Waals surface area contributed by atoms with Crippen LogP contribution in [0.4, 0.5) is 0 Å². The Morgan fingerprint density at radius 2 is 2.33 bits per heavy atom. The van der Waals surface area contributed by atoms with Crippen LogP contribution in [-0.2, 0) is 6.54 Å². The van der Waals surface area contributed by atoms with Crippen molar-refractivity contribution in [2.75, 3.05) is 0 Å². The summed E-state index contributed by atoms with van der Waals surface area (Å²) in [6.07, 6.45) is 1.79. The van der Waals surface area contributed by atoms with Crippen LogP contribution in [0.15, 0.2) is 12.4 Å². The molecule has 2 aromatic rings. The van der Waals surface area contributed by atoms with Gasteiger partial charge < -0.3 is 4.57 Å². The smallest absolute Gasteiger partial charge is 0.182 e. The summed E-state index contributed by atoms with van der Waals surface area (Å²) < 4.78 is 2.85. The van der Waals surface area contributed by atoms with E-state index in [0.29, 0.717) is 0 Å². The molecule has 5 heteroatoms. The molecule has 0 amide bonds. The molecular formula is C7H7IN4. The Bertz CT molecular complexity index is 409. The number of aryl methyl sites for hydroxylation is 1. The normalized spacial score (nSPS) is 10.8. The molecule has 0 aliphatic heterocycles. The number of nitrogens with zero attached hydrogens (tertiary/aromatic N) is 4. The van der Waals surface area contributed by atoms with Crippen LogP contribution in [-0.4, -0.2) is 19.7 Å². The van der Waals surface area contributed by atoms with Gasteiger partial charge in [-0.1, -0.05) is 0 Å². The Morgan fingerprint density at radius 3 is 3.08 bits per heavy atom. The first kappa shape index (κ1) is 7.90. The predicted octanol–water partition coefficient (Wildman–Crippen LogP) is 1.45. The summed E-state index contributed by atoms with van der Waals surface area (Å²) in [6.45, 7) is 2.94. The number of rotatable bonds is 1. The first-order valence-electron chi connectivity index (χ1n) is 3.65. The van der Waals surface area contributed by atoms with Gasteiger partial charge in [0.15, 0.2) is 5.65 Å². The molecule has 0 saturated heterocycles. The van der Waals surface area contributed by atoms with Crippen LogP contribution in [0.5, 0.6) is 0 Å². The zero-order chi connectivity index (χ0) is 8.55. The molecule has 0 aliphatic carbocycles. The average Bonchev–Trinajstić information content (AvgIpc) is 2.46. The number of hydrogen-bond donors (Lipinski definition) is 0. The van der Waals surface area contributed by atoms with Gasteiger partial charge in [-0.15, -0.1) is 10.2 Å². The number of fused-ring (bicyclic) bond motifs is 1. The summed E-state index contributed by atoms with van der Waals surface area (Å²) in [5, 5.41) is 8.02. The summed E-state index contributed by atoms with van der Waals surface area (Å²) in [7, 11) is 0. The van der Waals surface area contributed by atoms with Crippen LogP contribution in [0.3, 0.4) is 0 Å². The molecular weight excluding hydrogens is 267 g/mol. The van der Waals surface area contributed by atoms with Gasteiger partial charge in [0.05, 0.1) is 6.33 Å². The lowest BCUT2D eigenvalue weighted by molar-refractivity contribution is 0.769. The molecule has 0 bridgehead atoms. The maximum Gasteiger partial charge on any atom is 0.182 e. The molecule has 0 atom stereocenters. The zero-order valence-corrected chi connectivity index (χ0v) is 8.69. The van der Waals surface area contributed by atoms with Gasteiger partial charge in [-0.05, 0) is 29.5 Å². The number of hydrogen-bond acceptors (Lipinski definition) is 3. The second kappa shape index (κ2) is 2.96. The number of aromatic nitrogens is 4. The first-order chi connectivity index (χ1) is 5.81. The molecule has 0 radical (unpaired) electrons. The van der Waals surface area contributed by atoms with Crippen LogP contribution in [0.1, 0.15) is 6.92 Å². The molecule has 0 unspecified atom stereocenters. The lowest BCUT2D eigenvalue weighted by Gasteiger charge is -1.95. The van der Waals surface area contributed by atoms with E-state index >= 15 is 0 Å². The quantitative estimate of drug-likeness (QED) is 0.739. The fraction of sp³-hybridized carbons (Fsp3) is 0.286. The first-order valence-corrected chi connectivity index (χ1v) is 4.73. The summed E-state index contributed by atoms with van der Waals surface area (Å²) in [4.78, 5) is 4.21. The minimum Gasteiger partial charge on any atom is -0.314 e. The summed E-state index contributed by atoms with van der Waals surface area (Å²) >= 11 is 2.13. The van der Waals surface area contributed by atoms with Crippen molar-refractivity contribution in [1.82, 2.24) is 19.7 Å². The van der Waals surface area contributed by atoms with Crippen molar-refractivity contribution < 1.29 is 0 Å². The number of imidazole rings is 1. The van der Waals surface area contributed by atoms with Crippen molar-refractivity contribution >= 4 is 33.8 Å². The topological polar surface area (TPSA) is 43.6 Å². The highest BCUT2D eigenvalue weighted by atomic mass is 127. The van der Waals surface area contributed by atoms with Crippen molar-refractivity contribution in [1.29, 1.82) is 0 Å². The van der Waals surface area contributed by atoms with E-state index in [-0.39, 0.29) is 0 Å². The molecule has 0 aliphatic rings. The largest absolute Gasteiger partial charge is 0.314 e. The van der Waals surface area contributed by atoms with E-state index in [9.17, 15) is 0 Å². The molecule has 12 heavy (non-hydrogen) atoms. The third-order valence-corrected chi connectivity index (χ3v) is 2.20. The highest BCUT2D eigenvalue weighted by molar-refractivity contribution is 14.1. The van der Waals surface area contributed by atoms with E-state index in [1.807, 2.05) is 10.6 Å². The molecule has 0 spiro atoms. The minimum absolute atomic E-state index is 0.859. The van der Waals surface area contributed by atoms with Gasteiger partial charge in [0.1, 0.15) is 9.22 Å². The van der Waals surface area contributed by atoms with Gasteiger partial charge in [0.2, 0.25) is 0 Å². The molecule has 0 saturated carbocycles. The Kier molecular flexibility index (Phi) is 1.95. The highest BCUT2D eigenvalue weighted by Gasteiger charge is 2.02. The van der Waals surface area contributed by atoms with E-state index in [1.54, 1.807) is 6.33 Å². The summed E-state index contributed by atoms with van der Waals surface area (Å²) in [5.74, 6) is 0. The van der Waals surface area contributed by atoms with Crippen LogP contribution >= 0.6 is 22.6 Å². The van der Waals surface area contributed by atoms with Crippen molar-refractivity contribution in [2.45, 2.75) is 13.5 Å². The van der Waals surface area contributed by atoms with Gasteiger partial charge in [-0.2, -0.15) is 0 Å². The van der Waals surface area contributed by atoms with E-state index < -0.39 is 0 Å². The highest BCUT2D eigenvalue weighted by Crippen LogP contribution is 2.10. The molecule has 2 heterocycles. The lowest BCUT2D eigenvalue weighted by Crippen LogP contribution is -1.95. The van der Waals surface area contributed by atoms with Gasteiger partial charge in [-0.25, -0.2) is 4.98 Å². The van der Waals surface area contributed by atoms with Crippen LogP contribution in [0.25, 0.3) is 11.2 Å². The van der Waals surface area contributed by atoms with Crippen molar-refractivity contribution in [3.05, 3.63) is 16.1 Å². The fourth-order valence-corrected chi connectivity index (χ4v) is 1.47. The third kappa shape index (κ3) is 1.17. The number of halogens is 1. The average molecular weight is 274 g/mol. The Morgan fingerprint density at radius 1 is 1.50 bits per heavy atom. The molecule has 62 valence electrons. The standard InChI is InChI=1S/C7H7IN4/c1-2-12-4-9-5-3-6(8)10-11-7(5)12/h3-4H,2H2,1H3. The van der Waals surface area contributed by atoms with E-state index in [4.69, 9.17) is 0 Å². The van der Waals surface area contributed by atoms with Gasteiger partial charge >= 0.3 is 0 Å². The second-order valence-corrected chi connectivity index (χ2v) is 3.51. The van der Waals surface area contributed by atoms with Crippen LogP contribution in [0, 0.1) is 3.70 Å². The molecule has 2 rings (SSSR count). The van der Waals surface area contributed by atoms with Crippen molar-refractivity contribution in [3.63, 3.8) is 0 Å². The SMILES string of the molecule is CCn1cnc2cc(I)nnc21. The fourth-order valence-electron chi connectivity index (χ4n) is 1.07. The van der Waals surface area contributed by atoms with Crippen LogP contribution < -0.4 is 0 Å². The summed E-state index contributed by atoms with van der Waals surface area (Å²) in [6, 6.07) is 1.93. The van der Waals surface area contributed by atoms with E-state index in [1.165, 1.54) is 0 Å². The molecule has 0 fully saturated rings. The second-order valence-electron chi connectivity index (χ2n) is 2.41. The Balaban J connectivity index is 2.73. The van der Waals surface area contributed by atoms with E-state index in [0.717, 1.165) is 21.4 Å². The molecule has 4 nitrogen and oxygen atoms in total. The minimum atomic E-state index is 0.859. The van der Waals surface area contributed by atoms with Gasteiger partial charge in [0, 0.05) is 12.6 Å². The monoisotopic (exact) mass is 274 g/mol.